The van der Waals surface area contributed by atoms with E-state index < -0.39 is 0 Å². The number of aromatic nitrogens is 2. The van der Waals surface area contributed by atoms with Crippen LogP contribution in [0.15, 0.2) is 0 Å². The fraction of sp³-hybridized carbons (Fsp3) is 0.700. The Morgan fingerprint density at radius 1 is 1.57 bits per heavy atom. The number of imidazole rings is 1. The molecule has 2 rings (SSSR count). The molecule has 0 radical (unpaired) electrons. The molecule has 2 heterocycles. The molecule has 1 aromatic rings. The summed E-state index contributed by atoms with van der Waals surface area (Å²) in [7, 11) is 0. The Hall–Kier alpha value is -0.870. The van der Waals surface area contributed by atoms with Gasteiger partial charge in [-0.1, -0.05) is 6.92 Å². The first kappa shape index (κ1) is 9.68. The fourth-order valence-electron chi connectivity index (χ4n) is 1.79. The van der Waals surface area contributed by atoms with Gasteiger partial charge in [-0.2, -0.15) is 0 Å². The van der Waals surface area contributed by atoms with Gasteiger partial charge in [0, 0.05) is 12.2 Å². The molecule has 4 heteroatoms. The Bertz CT molecular complexity index is 323. The topological polar surface area (TPSA) is 63.9 Å². The summed E-state index contributed by atoms with van der Waals surface area (Å²) in [5, 5.41) is 0. The maximum Gasteiger partial charge on any atom is 0.118 e. The zero-order chi connectivity index (χ0) is 10.2. The minimum absolute atomic E-state index is 0.0435. The van der Waals surface area contributed by atoms with E-state index in [4.69, 9.17) is 10.5 Å². The van der Waals surface area contributed by atoms with Crippen LogP contribution in [0, 0.1) is 6.92 Å². The Kier molecular flexibility index (Phi) is 2.33. The van der Waals surface area contributed by atoms with Crippen molar-refractivity contribution in [2.45, 2.75) is 25.7 Å². The van der Waals surface area contributed by atoms with E-state index in [1.165, 1.54) is 0 Å². The van der Waals surface area contributed by atoms with E-state index in [9.17, 15) is 0 Å². The van der Waals surface area contributed by atoms with Gasteiger partial charge in [0.25, 0.3) is 0 Å². The van der Waals surface area contributed by atoms with Crippen molar-refractivity contribution in [3.8, 4) is 0 Å². The molecule has 14 heavy (non-hydrogen) atoms. The van der Waals surface area contributed by atoms with Crippen LogP contribution in [0.4, 0.5) is 0 Å². The highest BCUT2D eigenvalue weighted by Crippen LogP contribution is 2.29. The number of rotatable bonds is 3. The van der Waals surface area contributed by atoms with Crippen molar-refractivity contribution in [2.24, 2.45) is 5.73 Å². The SMILES string of the molecule is CCc1nc(C2(CN)COC2)[nH]c1C. The van der Waals surface area contributed by atoms with Gasteiger partial charge < -0.3 is 15.5 Å². The number of H-pyrrole nitrogens is 1. The molecular weight excluding hydrogens is 178 g/mol. The second kappa shape index (κ2) is 3.37. The molecule has 1 aliphatic heterocycles. The number of ether oxygens (including phenoxy) is 1. The first-order valence-electron chi connectivity index (χ1n) is 5.05. The molecule has 0 aromatic carbocycles. The molecule has 1 aliphatic rings. The van der Waals surface area contributed by atoms with Gasteiger partial charge in [0.15, 0.2) is 0 Å². The summed E-state index contributed by atoms with van der Waals surface area (Å²) in [6, 6.07) is 0. The molecule has 0 spiro atoms. The molecule has 0 bridgehead atoms. The van der Waals surface area contributed by atoms with Crippen LogP contribution in [-0.4, -0.2) is 29.7 Å². The lowest BCUT2D eigenvalue weighted by Gasteiger charge is -2.38. The van der Waals surface area contributed by atoms with Crippen LogP contribution in [0.1, 0.15) is 24.1 Å². The minimum Gasteiger partial charge on any atom is -0.379 e. The molecule has 0 atom stereocenters. The monoisotopic (exact) mass is 195 g/mol. The van der Waals surface area contributed by atoms with Crippen LogP contribution in [0.2, 0.25) is 0 Å². The average Bonchev–Trinajstić information content (AvgIpc) is 2.46. The number of hydrogen-bond acceptors (Lipinski definition) is 3. The van der Waals surface area contributed by atoms with E-state index in [-0.39, 0.29) is 5.41 Å². The quantitative estimate of drug-likeness (QED) is 0.738. The molecular formula is C10H17N3O. The molecule has 0 saturated carbocycles. The fourth-order valence-corrected chi connectivity index (χ4v) is 1.79. The normalized spacial score (nSPS) is 19.4. The van der Waals surface area contributed by atoms with Crippen LogP contribution in [0.25, 0.3) is 0 Å². The lowest BCUT2D eigenvalue weighted by Crippen LogP contribution is -2.53. The molecule has 1 aromatic heterocycles. The van der Waals surface area contributed by atoms with E-state index in [1.807, 2.05) is 0 Å². The lowest BCUT2D eigenvalue weighted by atomic mass is 9.85. The largest absolute Gasteiger partial charge is 0.379 e. The number of nitrogens with zero attached hydrogens (tertiary/aromatic N) is 1. The van der Waals surface area contributed by atoms with Crippen LogP contribution >= 0.6 is 0 Å². The van der Waals surface area contributed by atoms with E-state index in [1.54, 1.807) is 0 Å². The number of nitrogens with two attached hydrogens (primary N) is 1. The van der Waals surface area contributed by atoms with Gasteiger partial charge in [-0.25, -0.2) is 4.98 Å². The van der Waals surface area contributed by atoms with Crippen molar-refractivity contribution in [3.63, 3.8) is 0 Å². The van der Waals surface area contributed by atoms with E-state index >= 15 is 0 Å². The highest BCUT2D eigenvalue weighted by atomic mass is 16.5. The van der Waals surface area contributed by atoms with Crippen molar-refractivity contribution in [3.05, 3.63) is 17.2 Å². The standard InChI is InChI=1S/C10H17N3O/c1-3-8-7(2)12-9(13-8)10(4-11)5-14-6-10/h3-6,11H2,1-2H3,(H,12,13). The zero-order valence-corrected chi connectivity index (χ0v) is 8.76. The second-order valence-corrected chi connectivity index (χ2v) is 3.99. The van der Waals surface area contributed by atoms with Gasteiger partial charge >= 0.3 is 0 Å². The van der Waals surface area contributed by atoms with Gasteiger partial charge in [0.05, 0.1) is 24.3 Å². The predicted octanol–water partition coefficient (Wildman–Crippen LogP) is 0.507. The van der Waals surface area contributed by atoms with E-state index in [0.29, 0.717) is 19.8 Å². The molecule has 0 amide bonds. The van der Waals surface area contributed by atoms with Crippen molar-refractivity contribution < 1.29 is 4.74 Å². The number of hydrogen-bond donors (Lipinski definition) is 2. The summed E-state index contributed by atoms with van der Waals surface area (Å²) >= 11 is 0. The van der Waals surface area contributed by atoms with Gasteiger partial charge in [-0.3, -0.25) is 0 Å². The van der Waals surface area contributed by atoms with Crippen molar-refractivity contribution >= 4 is 0 Å². The van der Waals surface area contributed by atoms with Crippen LogP contribution < -0.4 is 5.73 Å². The second-order valence-electron chi connectivity index (χ2n) is 3.99. The molecule has 1 saturated heterocycles. The molecule has 4 nitrogen and oxygen atoms in total. The third-order valence-corrected chi connectivity index (χ3v) is 2.97. The van der Waals surface area contributed by atoms with Crippen LogP contribution in [0.3, 0.4) is 0 Å². The van der Waals surface area contributed by atoms with Crippen LogP contribution in [0.5, 0.6) is 0 Å². The smallest absolute Gasteiger partial charge is 0.118 e. The summed E-state index contributed by atoms with van der Waals surface area (Å²) in [6.45, 7) is 6.15. The average molecular weight is 195 g/mol. The summed E-state index contributed by atoms with van der Waals surface area (Å²) in [4.78, 5) is 7.90. The van der Waals surface area contributed by atoms with Gasteiger partial charge in [0.1, 0.15) is 5.82 Å². The molecule has 78 valence electrons. The maximum atomic E-state index is 5.76. The zero-order valence-electron chi connectivity index (χ0n) is 8.76. The Labute approximate surface area is 83.9 Å². The third-order valence-electron chi connectivity index (χ3n) is 2.97. The Morgan fingerprint density at radius 3 is 2.64 bits per heavy atom. The molecule has 3 N–H and O–H groups in total. The summed E-state index contributed by atoms with van der Waals surface area (Å²) in [5.41, 5.74) is 8.01. The minimum atomic E-state index is -0.0435. The number of nitrogens with one attached hydrogen (secondary N) is 1. The third kappa shape index (κ3) is 1.26. The van der Waals surface area contributed by atoms with Crippen molar-refractivity contribution in [1.29, 1.82) is 0 Å². The first-order valence-corrected chi connectivity index (χ1v) is 5.05. The van der Waals surface area contributed by atoms with E-state index in [0.717, 1.165) is 23.6 Å². The van der Waals surface area contributed by atoms with E-state index in [2.05, 4.69) is 23.8 Å². The number of aryl methyl sites for hydroxylation is 2. The Morgan fingerprint density at radius 2 is 2.29 bits per heavy atom. The Balaban J connectivity index is 2.31. The van der Waals surface area contributed by atoms with Gasteiger partial charge in [0.2, 0.25) is 0 Å². The number of aromatic amines is 1. The summed E-state index contributed by atoms with van der Waals surface area (Å²) < 4.78 is 5.23. The highest BCUT2D eigenvalue weighted by molar-refractivity contribution is 5.21. The van der Waals surface area contributed by atoms with Crippen LogP contribution in [-0.2, 0) is 16.6 Å². The summed E-state index contributed by atoms with van der Waals surface area (Å²) in [5.74, 6) is 1.00. The molecule has 0 aliphatic carbocycles. The lowest BCUT2D eigenvalue weighted by molar-refractivity contribution is -0.0590. The van der Waals surface area contributed by atoms with Gasteiger partial charge in [-0.05, 0) is 13.3 Å². The molecule has 1 fully saturated rings. The first-order chi connectivity index (χ1) is 6.72. The highest BCUT2D eigenvalue weighted by Gasteiger charge is 2.42. The maximum absolute atomic E-state index is 5.76. The predicted molar refractivity (Wildman–Crippen MR) is 54.3 cm³/mol. The van der Waals surface area contributed by atoms with Crippen molar-refractivity contribution in [2.75, 3.05) is 19.8 Å². The molecule has 0 unspecified atom stereocenters. The summed E-state index contributed by atoms with van der Waals surface area (Å²) in [6.07, 6.45) is 0.962. The van der Waals surface area contributed by atoms with Gasteiger partial charge in [-0.15, -0.1) is 0 Å². The van der Waals surface area contributed by atoms with Crippen molar-refractivity contribution in [1.82, 2.24) is 9.97 Å².